The third-order valence-corrected chi connectivity index (χ3v) is 7.25. The van der Waals surface area contributed by atoms with Crippen molar-refractivity contribution in [2.75, 3.05) is 40.3 Å². The monoisotopic (exact) mass is 329 g/mol. The zero-order chi connectivity index (χ0) is 15.0. The van der Waals surface area contributed by atoms with Gasteiger partial charge in [-0.15, -0.1) is 0 Å². The molecule has 1 aromatic heterocycles. The summed E-state index contributed by atoms with van der Waals surface area (Å²) in [6.07, 6.45) is 0.984. The van der Waals surface area contributed by atoms with Gasteiger partial charge < -0.3 is 0 Å². The van der Waals surface area contributed by atoms with Crippen molar-refractivity contribution in [2.45, 2.75) is 13.0 Å². The van der Waals surface area contributed by atoms with E-state index < -0.39 is 10.2 Å². The lowest BCUT2D eigenvalue weighted by Gasteiger charge is -2.34. The minimum absolute atomic E-state index is 0.479. The largest absolute Gasteiger partial charge is 0.298 e. The zero-order valence-electron chi connectivity index (χ0n) is 12.6. The topological polar surface area (TPSA) is 43.9 Å². The van der Waals surface area contributed by atoms with E-state index in [1.165, 1.54) is 9.87 Å². The first-order chi connectivity index (χ1) is 9.96. The Balaban J connectivity index is 1.62. The summed E-state index contributed by atoms with van der Waals surface area (Å²) in [6, 6.07) is 2.18. The molecular weight excluding hydrogens is 306 g/mol. The first kappa shape index (κ1) is 15.4. The fraction of sp³-hybridized carbons (Fsp3) is 0.714. The van der Waals surface area contributed by atoms with Crippen LogP contribution in [-0.2, 0) is 16.8 Å². The molecule has 2 fully saturated rings. The fourth-order valence-electron chi connectivity index (χ4n) is 3.44. The van der Waals surface area contributed by atoms with E-state index in [1.807, 2.05) is 0 Å². The summed E-state index contributed by atoms with van der Waals surface area (Å²) in [7, 11) is -0.0361. The van der Waals surface area contributed by atoms with E-state index in [0.29, 0.717) is 24.9 Å². The molecule has 0 aromatic carbocycles. The minimum atomic E-state index is -3.26. The van der Waals surface area contributed by atoms with Gasteiger partial charge in [-0.1, -0.05) is 0 Å². The second-order valence-electron chi connectivity index (χ2n) is 6.28. The zero-order valence-corrected chi connectivity index (χ0v) is 14.2. The van der Waals surface area contributed by atoms with Gasteiger partial charge in [0.1, 0.15) is 0 Å². The van der Waals surface area contributed by atoms with Crippen LogP contribution in [0.25, 0.3) is 0 Å². The number of hydrogen-bond donors (Lipinski definition) is 0. The molecule has 0 aliphatic carbocycles. The molecule has 1 aromatic rings. The average Bonchev–Trinajstić information content (AvgIpc) is 3.06. The number of fused-ring (bicyclic) bond motifs is 1. The predicted molar refractivity (Wildman–Crippen MR) is 85.4 cm³/mol. The molecule has 0 unspecified atom stereocenters. The Morgan fingerprint density at radius 2 is 2.05 bits per heavy atom. The fourth-order valence-corrected chi connectivity index (χ4v) is 5.28. The van der Waals surface area contributed by atoms with Crippen LogP contribution in [0.15, 0.2) is 16.8 Å². The molecule has 21 heavy (non-hydrogen) atoms. The number of thiophene rings is 1. The second-order valence-corrected chi connectivity index (χ2v) is 9.21. The molecule has 0 spiro atoms. The summed E-state index contributed by atoms with van der Waals surface area (Å²) >= 11 is 1.74. The van der Waals surface area contributed by atoms with Crippen LogP contribution in [-0.4, -0.2) is 62.2 Å². The lowest BCUT2D eigenvalue weighted by Crippen LogP contribution is -2.47. The van der Waals surface area contributed by atoms with Crippen molar-refractivity contribution in [1.82, 2.24) is 13.5 Å². The van der Waals surface area contributed by atoms with Gasteiger partial charge in [-0.2, -0.15) is 28.4 Å². The molecule has 0 N–H and O–H groups in total. The molecule has 2 saturated heterocycles. The van der Waals surface area contributed by atoms with Gasteiger partial charge in [0.2, 0.25) is 0 Å². The van der Waals surface area contributed by atoms with Crippen molar-refractivity contribution < 1.29 is 8.42 Å². The van der Waals surface area contributed by atoms with Crippen LogP contribution >= 0.6 is 11.3 Å². The number of nitrogens with zero attached hydrogens (tertiary/aromatic N) is 3. The van der Waals surface area contributed by atoms with E-state index in [9.17, 15) is 8.42 Å². The summed E-state index contributed by atoms with van der Waals surface area (Å²) in [5, 5.41) is 4.31. The quantitative estimate of drug-likeness (QED) is 0.836. The van der Waals surface area contributed by atoms with Gasteiger partial charge in [-0.3, -0.25) is 4.90 Å². The molecule has 2 atom stereocenters. The van der Waals surface area contributed by atoms with E-state index in [1.54, 1.807) is 29.7 Å². The van der Waals surface area contributed by atoms with Gasteiger partial charge in [0.05, 0.1) is 0 Å². The van der Waals surface area contributed by atoms with E-state index in [0.717, 1.165) is 26.1 Å². The Morgan fingerprint density at radius 1 is 1.29 bits per heavy atom. The minimum Gasteiger partial charge on any atom is -0.298 e. The van der Waals surface area contributed by atoms with Crippen LogP contribution in [0.1, 0.15) is 12.0 Å². The van der Waals surface area contributed by atoms with E-state index >= 15 is 0 Å². The van der Waals surface area contributed by atoms with Crippen molar-refractivity contribution in [3.8, 4) is 0 Å². The molecule has 0 radical (unpaired) electrons. The smallest absolute Gasteiger partial charge is 0.281 e. The molecular formula is C14H23N3O2S2. The third kappa shape index (κ3) is 3.17. The maximum absolute atomic E-state index is 12.3. The summed E-state index contributed by atoms with van der Waals surface area (Å²) in [5.74, 6) is 1.13. The second kappa shape index (κ2) is 5.96. The molecule has 5 nitrogen and oxygen atoms in total. The maximum atomic E-state index is 12.3. The first-order valence-electron chi connectivity index (χ1n) is 7.38. The number of hydrogen-bond acceptors (Lipinski definition) is 4. The van der Waals surface area contributed by atoms with Gasteiger partial charge in [0.25, 0.3) is 10.2 Å². The number of piperidine rings is 1. The molecule has 7 heteroatoms. The van der Waals surface area contributed by atoms with Gasteiger partial charge in [-0.25, -0.2) is 0 Å². The molecule has 118 valence electrons. The SMILES string of the molecule is CN(C)S(=O)(=O)N1CC[C@H]2CN(Cc3ccsc3)C[C@H]2C1. The van der Waals surface area contributed by atoms with E-state index in [-0.39, 0.29) is 0 Å². The highest BCUT2D eigenvalue weighted by Gasteiger charge is 2.40. The van der Waals surface area contributed by atoms with Gasteiger partial charge in [0, 0.05) is 46.8 Å². The van der Waals surface area contributed by atoms with E-state index in [2.05, 4.69) is 21.7 Å². The summed E-state index contributed by atoms with van der Waals surface area (Å²) in [5.41, 5.74) is 1.37. The van der Waals surface area contributed by atoms with Crippen LogP contribution in [0.5, 0.6) is 0 Å². The van der Waals surface area contributed by atoms with Crippen LogP contribution < -0.4 is 0 Å². The van der Waals surface area contributed by atoms with Crippen molar-refractivity contribution in [2.24, 2.45) is 11.8 Å². The van der Waals surface area contributed by atoms with Gasteiger partial charge >= 0.3 is 0 Å². The standard InChI is InChI=1S/C14H23N3O2S2/c1-15(2)21(18,19)17-5-3-13-8-16(9-14(13)10-17)7-12-4-6-20-11-12/h4,6,11,13-14H,3,5,7-10H2,1-2H3/t13-,14-/m0/s1. The lowest BCUT2D eigenvalue weighted by atomic mass is 9.90. The Kier molecular flexibility index (Phi) is 4.38. The molecule has 0 bridgehead atoms. The van der Waals surface area contributed by atoms with Crippen molar-refractivity contribution in [1.29, 1.82) is 0 Å². The van der Waals surface area contributed by atoms with Gasteiger partial charge in [0.15, 0.2) is 0 Å². The number of rotatable bonds is 4. The highest BCUT2D eigenvalue weighted by molar-refractivity contribution is 7.86. The normalized spacial score (nSPS) is 28.1. The van der Waals surface area contributed by atoms with E-state index in [4.69, 9.17) is 0 Å². The maximum Gasteiger partial charge on any atom is 0.281 e. The summed E-state index contributed by atoms with van der Waals surface area (Å²) in [6.45, 7) is 4.45. The highest BCUT2D eigenvalue weighted by atomic mass is 32.2. The van der Waals surface area contributed by atoms with Crippen molar-refractivity contribution >= 4 is 21.5 Å². The highest BCUT2D eigenvalue weighted by Crippen LogP contribution is 2.33. The molecule has 3 heterocycles. The van der Waals surface area contributed by atoms with Crippen LogP contribution in [0.3, 0.4) is 0 Å². The molecule has 0 saturated carbocycles. The first-order valence-corrected chi connectivity index (χ1v) is 9.72. The average molecular weight is 329 g/mol. The summed E-state index contributed by atoms with van der Waals surface area (Å²) in [4.78, 5) is 2.48. The molecule has 0 amide bonds. The molecule has 2 aliphatic heterocycles. The lowest BCUT2D eigenvalue weighted by molar-refractivity contribution is 0.219. The molecule has 3 rings (SSSR count). The van der Waals surface area contributed by atoms with Crippen LogP contribution in [0.2, 0.25) is 0 Å². The predicted octanol–water partition coefficient (Wildman–Crippen LogP) is 1.31. The van der Waals surface area contributed by atoms with Crippen molar-refractivity contribution in [3.63, 3.8) is 0 Å². The van der Waals surface area contributed by atoms with Crippen LogP contribution in [0, 0.1) is 11.8 Å². The van der Waals surface area contributed by atoms with Crippen molar-refractivity contribution in [3.05, 3.63) is 22.4 Å². The molecule has 2 aliphatic rings. The Bertz CT molecular complexity index is 571. The number of likely N-dealkylation sites (tertiary alicyclic amines) is 1. The van der Waals surface area contributed by atoms with Gasteiger partial charge in [-0.05, 0) is 40.6 Å². The Labute approximate surface area is 131 Å². The van der Waals surface area contributed by atoms with Crippen LogP contribution in [0.4, 0.5) is 0 Å². The Morgan fingerprint density at radius 3 is 2.71 bits per heavy atom. The summed E-state index contributed by atoms with van der Waals surface area (Å²) < 4.78 is 27.5. The third-order valence-electron chi connectivity index (χ3n) is 4.61. The Hall–Kier alpha value is -0.470.